The molecule has 136 valence electrons. The lowest BCUT2D eigenvalue weighted by atomic mass is 9.79. The molecule has 0 spiro atoms. The van der Waals surface area contributed by atoms with Crippen LogP contribution in [0.5, 0.6) is 0 Å². The number of piperidine rings is 1. The molecule has 6 heteroatoms. The highest BCUT2D eigenvalue weighted by Gasteiger charge is 2.51. The molecule has 5 nitrogen and oxygen atoms in total. The molecule has 25 heavy (non-hydrogen) atoms. The Bertz CT molecular complexity index is 630. The average molecular weight is 345 g/mol. The van der Waals surface area contributed by atoms with E-state index in [0.29, 0.717) is 6.54 Å². The summed E-state index contributed by atoms with van der Waals surface area (Å²) in [6, 6.07) is 8.25. The van der Waals surface area contributed by atoms with E-state index in [2.05, 4.69) is 44.7 Å². The van der Waals surface area contributed by atoms with Gasteiger partial charge >= 0.3 is 13.1 Å². The van der Waals surface area contributed by atoms with Gasteiger partial charge in [0.1, 0.15) is 0 Å². The number of hydrogen-bond acceptors (Lipinski definition) is 5. The Hall–Kier alpha value is -1.53. The van der Waals surface area contributed by atoms with Crippen LogP contribution in [0.15, 0.2) is 24.3 Å². The molecule has 2 aliphatic heterocycles. The van der Waals surface area contributed by atoms with Gasteiger partial charge in [-0.1, -0.05) is 12.1 Å². The molecule has 0 radical (unpaired) electrons. The summed E-state index contributed by atoms with van der Waals surface area (Å²) < 4.78 is 17.2. The fraction of sp³-hybridized carbons (Fsp3) is 0.632. The molecule has 0 saturated carbocycles. The third-order valence-corrected chi connectivity index (χ3v) is 5.72. The number of hydrogen-bond donors (Lipinski definition) is 0. The van der Waals surface area contributed by atoms with E-state index in [-0.39, 0.29) is 30.2 Å². The van der Waals surface area contributed by atoms with E-state index < -0.39 is 0 Å². The highest BCUT2D eigenvalue weighted by Crippen LogP contribution is 2.36. The van der Waals surface area contributed by atoms with Gasteiger partial charge in [0, 0.05) is 18.8 Å². The molecule has 0 aromatic heterocycles. The molecule has 2 saturated heterocycles. The van der Waals surface area contributed by atoms with Gasteiger partial charge in [-0.15, -0.1) is 0 Å². The van der Waals surface area contributed by atoms with Crippen LogP contribution in [0.4, 0.5) is 5.69 Å². The summed E-state index contributed by atoms with van der Waals surface area (Å²) in [5.41, 5.74) is 1.40. The number of ether oxygens (including phenoxy) is 1. The minimum Gasteiger partial charge on any atom is -0.469 e. The van der Waals surface area contributed by atoms with Crippen LogP contribution in [0.3, 0.4) is 0 Å². The van der Waals surface area contributed by atoms with Gasteiger partial charge in [0.2, 0.25) is 0 Å². The van der Waals surface area contributed by atoms with Crippen LogP contribution in [0.25, 0.3) is 0 Å². The van der Waals surface area contributed by atoms with Gasteiger partial charge in [-0.3, -0.25) is 4.79 Å². The molecule has 0 aliphatic carbocycles. The third-order valence-electron chi connectivity index (χ3n) is 5.72. The van der Waals surface area contributed by atoms with E-state index in [9.17, 15) is 4.79 Å². The van der Waals surface area contributed by atoms with E-state index in [4.69, 9.17) is 14.0 Å². The maximum absolute atomic E-state index is 11.9. The molecule has 0 amide bonds. The first-order chi connectivity index (χ1) is 11.7. The lowest BCUT2D eigenvalue weighted by Crippen LogP contribution is -2.41. The smallest absolute Gasteiger partial charge is 0.469 e. The second-order valence-electron chi connectivity index (χ2n) is 7.99. The predicted molar refractivity (Wildman–Crippen MR) is 99.1 cm³/mol. The largest absolute Gasteiger partial charge is 0.494 e. The first-order valence-corrected chi connectivity index (χ1v) is 9.02. The Morgan fingerprint density at radius 2 is 1.92 bits per heavy atom. The van der Waals surface area contributed by atoms with Crippen molar-refractivity contribution in [3.8, 4) is 0 Å². The summed E-state index contributed by atoms with van der Waals surface area (Å²) in [6.07, 6.45) is 1.88. The van der Waals surface area contributed by atoms with Crippen LogP contribution in [0.1, 0.15) is 40.5 Å². The van der Waals surface area contributed by atoms with Crippen LogP contribution in [0.2, 0.25) is 0 Å². The van der Waals surface area contributed by atoms with E-state index in [0.717, 1.165) is 30.5 Å². The van der Waals surface area contributed by atoms with Crippen molar-refractivity contribution in [2.45, 2.75) is 51.7 Å². The van der Waals surface area contributed by atoms with Gasteiger partial charge in [-0.2, -0.15) is 0 Å². The Morgan fingerprint density at radius 1 is 1.24 bits per heavy atom. The van der Waals surface area contributed by atoms with E-state index >= 15 is 0 Å². The highest BCUT2D eigenvalue weighted by atomic mass is 16.7. The number of methoxy groups -OCH3 is 1. The van der Waals surface area contributed by atoms with E-state index in [1.165, 1.54) is 7.11 Å². The third kappa shape index (κ3) is 3.56. The fourth-order valence-corrected chi connectivity index (χ4v) is 3.42. The van der Waals surface area contributed by atoms with Crippen LogP contribution >= 0.6 is 0 Å². The molecule has 3 rings (SSSR count). The van der Waals surface area contributed by atoms with Gasteiger partial charge in [-0.25, -0.2) is 0 Å². The van der Waals surface area contributed by atoms with Crippen molar-refractivity contribution in [2.24, 2.45) is 5.92 Å². The minimum absolute atomic E-state index is 0.0562. The SMILES string of the molecule is COC(=O)C1CCCN(c2cccc(B3OC(C)(C)C(C)(C)O3)c2)C1. The lowest BCUT2D eigenvalue weighted by molar-refractivity contribution is -0.145. The maximum atomic E-state index is 11.9. The number of esters is 1. The summed E-state index contributed by atoms with van der Waals surface area (Å²) >= 11 is 0. The van der Waals surface area contributed by atoms with Crippen molar-refractivity contribution in [2.75, 3.05) is 25.1 Å². The second kappa shape index (κ2) is 6.65. The zero-order valence-electron chi connectivity index (χ0n) is 15.9. The van der Waals surface area contributed by atoms with Crippen LogP contribution < -0.4 is 10.4 Å². The Morgan fingerprint density at radius 3 is 2.56 bits per heavy atom. The average Bonchev–Trinajstić information content (AvgIpc) is 2.82. The van der Waals surface area contributed by atoms with Crippen molar-refractivity contribution < 1.29 is 18.8 Å². The molecule has 1 atom stereocenters. The van der Waals surface area contributed by atoms with Crippen molar-refractivity contribution in [1.29, 1.82) is 0 Å². The van der Waals surface area contributed by atoms with Gasteiger partial charge in [0.05, 0.1) is 24.2 Å². The summed E-state index contributed by atoms with van der Waals surface area (Å²) in [5.74, 6) is -0.175. The van der Waals surface area contributed by atoms with Crippen molar-refractivity contribution in [3.63, 3.8) is 0 Å². The maximum Gasteiger partial charge on any atom is 0.494 e. The van der Waals surface area contributed by atoms with Gasteiger partial charge < -0.3 is 18.9 Å². The molecule has 2 fully saturated rings. The van der Waals surface area contributed by atoms with E-state index in [1.807, 2.05) is 12.1 Å². The summed E-state index contributed by atoms with van der Waals surface area (Å²) in [4.78, 5) is 14.1. The second-order valence-corrected chi connectivity index (χ2v) is 7.99. The van der Waals surface area contributed by atoms with Crippen LogP contribution in [0, 0.1) is 5.92 Å². The topological polar surface area (TPSA) is 48.0 Å². The first-order valence-electron chi connectivity index (χ1n) is 9.02. The quantitative estimate of drug-likeness (QED) is 0.622. The molecule has 1 unspecified atom stereocenters. The predicted octanol–water partition coefficient (Wildman–Crippen LogP) is 2.38. The standard InChI is InChI=1S/C19H28BNO4/c1-18(2)19(3,4)25-20(24-18)15-9-6-10-16(12-15)21-11-7-8-14(13-21)17(22)23-5/h6,9-10,12,14H,7-8,11,13H2,1-5H3. The number of carbonyl (C=O) groups excluding carboxylic acids is 1. The molecule has 0 N–H and O–H groups in total. The molecule has 0 bridgehead atoms. The molecular weight excluding hydrogens is 317 g/mol. The monoisotopic (exact) mass is 345 g/mol. The number of carbonyl (C=O) groups is 1. The highest BCUT2D eigenvalue weighted by molar-refractivity contribution is 6.62. The fourth-order valence-electron chi connectivity index (χ4n) is 3.42. The zero-order valence-corrected chi connectivity index (χ0v) is 15.9. The zero-order chi connectivity index (χ0) is 18.2. The normalized spacial score (nSPS) is 25.1. The number of rotatable bonds is 3. The van der Waals surface area contributed by atoms with Gasteiger partial charge in [0.15, 0.2) is 0 Å². The first kappa shape index (κ1) is 18.3. The Kier molecular flexibility index (Phi) is 4.86. The van der Waals surface area contributed by atoms with E-state index in [1.54, 1.807) is 0 Å². The molecule has 1 aromatic carbocycles. The molecule has 2 aliphatic rings. The molecule has 2 heterocycles. The van der Waals surface area contributed by atoms with Gasteiger partial charge in [-0.05, 0) is 58.1 Å². The van der Waals surface area contributed by atoms with Crippen molar-refractivity contribution in [1.82, 2.24) is 0 Å². The Labute approximate surface area is 150 Å². The summed E-state index contributed by atoms with van der Waals surface area (Å²) in [5, 5.41) is 0. The number of benzene rings is 1. The van der Waals surface area contributed by atoms with Crippen molar-refractivity contribution >= 4 is 24.2 Å². The summed E-state index contributed by atoms with van der Waals surface area (Å²) in [6.45, 7) is 9.87. The van der Waals surface area contributed by atoms with Crippen LogP contribution in [-0.2, 0) is 18.8 Å². The van der Waals surface area contributed by atoms with Crippen LogP contribution in [-0.4, -0.2) is 44.5 Å². The minimum atomic E-state index is -0.369. The van der Waals surface area contributed by atoms with Crippen molar-refractivity contribution in [3.05, 3.63) is 24.3 Å². The number of nitrogens with zero attached hydrogens (tertiary/aromatic N) is 1. The molecular formula is C19H28BNO4. The molecule has 1 aromatic rings. The Balaban J connectivity index is 1.77. The lowest BCUT2D eigenvalue weighted by Gasteiger charge is -2.33. The number of anilines is 1. The van der Waals surface area contributed by atoms with Gasteiger partial charge in [0.25, 0.3) is 0 Å². The summed E-state index contributed by atoms with van der Waals surface area (Å²) in [7, 11) is 1.09.